The molecule has 198 valence electrons. The van der Waals surface area contributed by atoms with Gasteiger partial charge in [-0.15, -0.1) is 0 Å². The Hall–Kier alpha value is -3.71. The van der Waals surface area contributed by atoms with Crippen LogP contribution >= 0.6 is 0 Å². The van der Waals surface area contributed by atoms with Gasteiger partial charge in [0.1, 0.15) is 31.4 Å². The summed E-state index contributed by atoms with van der Waals surface area (Å²) in [6.07, 6.45) is -20.5. The highest BCUT2D eigenvalue weighted by molar-refractivity contribution is 5.99. The van der Waals surface area contributed by atoms with Gasteiger partial charge in [0.25, 0.3) is 0 Å². The third-order valence-electron chi connectivity index (χ3n) is 4.44. The fraction of sp³-hybridized carbons (Fsp3) is 0.500. The van der Waals surface area contributed by atoms with E-state index in [2.05, 4.69) is 24.4 Å². The molecule has 0 spiro atoms. The molecule has 0 unspecified atom stereocenters. The number of alkyl halides is 9. The van der Waals surface area contributed by atoms with Crippen molar-refractivity contribution in [1.29, 1.82) is 0 Å². The lowest BCUT2D eigenvalue weighted by molar-refractivity contribution is -0.212. The Bertz CT molecular complexity index is 1160. The molecule has 1 N–H and O–H groups in total. The van der Waals surface area contributed by atoms with Gasteiger partial charge < -0.3 is 19.5 Å². The number of imidazole rings is 1. The molecular formula is C16H10F9N5O6. The van der Waals surface area contributed by atoms with Crippen molar-refractivity contribution in [3.8, 4) is 0 Å². The number of nitrogens with zero attached hydrogens (tertiary/aromatic N) is 4. The van der Waals surface area contributed by atoms with Crippen LogP contribution in [0.1, 0.15) is 12.6 Å². The number of halogens is 9. The predicted octanol–water partition coefficient (Wildman–Crippen LogP) is 2.19. The van der Waals surface area contributed by atoms with Gasteiger partial charge >= 0.3 is 36.4 Å². The van der Waals surface area contributed by atoms with Crippen molar-refractivity contribution >= 4 is 34.8 Å². The highest BCUT2D eigenvalue weighted by atomic mass is 19.4. The van der Waals surface area contributed by atoms with E-state index in [1.165, 1.54) is 5.32 Å². The third-order valence-corrected chi connectivity index (χ3v) is 4.44. The van der Waals surface area contributed by atoms with Crippen molar-refractivity contribution in [2.45, 2.75) is 43.4 Å². The number of aromatic nitrogens is 4. The Labute approximate surface area is 191 Å². The number of esters is 2. The number of carbonyl (C=O) groups excluding carboxylic acids is 3. The van der Waals surface area contributed by atoms with Crippen molar-refractivity contribution in [2.24, 2.45) is 0 Å². The SMILES string of the molecule is O=C(Nc1ncnc2c1ncn2[C@H]1C[C@H](OC(=O)C(F)(F)F)[C@@H](COC(=O)C(F)(F)F)O1)C(F)(F)F. The van der Waals surface area contributed by atoms with Crippen LogP contribution in [-0.4, -0.2) is 74.7 Å². The fourth-order valence-electron chi connectivity index (χ4n) is 2.92. The Morgan fingerprint density at radius 3 is 2.19 bits per heavy atom. The van der Waals surface area contributed by atoms with Crippen LogP contribution in [0.15, 0.2) is 12.7 Å². The smallest absolute Gasteiger partial charge is 0.456 e. The van der Waals surface area contributed by atoms with Gasteiger partial charge in [0.2, 0.25) is 0 Å². The van der Waals surface area contributed by atoms with Crippen LogP contribution in [0.2, 0.25) is 0 Å². The van der Waals surface area contributed by atoms with Crippen molar-refractivity contribution in [3.63, 3.8) is 0 Å². The van der Waals surface area contributed by atoms with E-state index in [-0.39, 0.29) is 5.65 Å². The molecule has 1 aliphatic rings. The topological polar surface area (TPSA) is 135 Å². The molecule has 2 aromatic heterocycles. The van der Waals surface area contributed by atoms with Crippen molar-refractivity contribution in [2.75, 3.05) is 11.9 Å². The summed E-state index contributed by atoms with van der Waals surface area (Å²) in [7, 11) is 0. The van der Waals surface area contributed by atoms with E-state index in [0.29, 0.717) is 6.33 Å². The largest absolute Gasteiger partial charge is 0.490 e. The Morgan fingerprint density at radius 1 is 0.972 bits per heavy atom. The first kappa shape index (κ1) is 26.9. The number of hydrogen-bond donors (Lipinski definition) is 1. The zero-order valence-corrected chi connectivity index (χ0v) is 16.9. The van der Waals surface area contributed by atoms with Crippen LogP contribution in [0.25, 0.3) is 11.2 Å². The van der Waals surface area contributed by atoms with Crippen LogP contribution in [0.3, 0.4) is 0 Å². The van der Waals surface area contributed by atoms with Gasteiger partial charge in [-0.25, -0.2) is 24.5 Å². The molecule has 0 radical (unpaired) electrons. The summed E-state index contributed by atoms with van der Waals surface area (Å²) in [4.78, 5) is 44.3. The van der Waals surface area contributed by atoms with E-state index >= 15 is 0 Å². The zero-order valence-electron chi connectivity index (χ0n) is 16.9. The monoisotopic (exact) mass is 539 g/mol. The Balaban J connectivity index is 1.86. The first-order valence-corrected chi connectivity index (χ1v) is 9.21. The minimum absolute atomic E-state index is 0.318. The molecule has 0 aromatic carbocycles. The van der Waals surface area contributed by atoms with Gasteiger partial charge in [-0.3, -0.25) is 9.36 Å². The van der Waals surface area contributed by atoms with E-state index < -0.39 is 79.2 Å². The maximum absolute atomic E-state index is 12.6. The number of ether oxygens (including phenoxy) is 3. The van der Waals surface area contributed by atoms with Crippen molar-refractivity contribution < 1.29 is 68.1 Å². The molecule has 0 aliphatic carbocycles. The molecule has 36 heavy (non-hydrogen) atoms. The fourth-order valence-corrected chi connectivity index (χ4v) is 2.92. The molecule has 1 aliphatic heterocycles. The third kappa shape index (κ3) is 5.91. The summed E-state index contributed by atoms with van der Waals surface area (Å²) in [5, 5.41) is 1.45. The van der Waals surface area contributed by atoms with Crippen LogP contribution < -0.4 is 5.32 Å². The lowest BCUT2D eigenvalue weighted by Gasteiger charge is -2.19. The van der Waals surface area contributed by atoms with E-state index in [1.807, 2.05) is 0 Å². The summed E-state index contributed by atoms with van der Waals surface area (Å²) < 4.78 is 127. The quantitative estimate of drug-likeness (QED) is 0.448. The van der Waals surface area contributed by atoms with Gasteiger partial charge in [-0.1, -0.05) is 0 Å². The predicted molar refractivity (Wildman–Crippen MR) is 91.5 cm³/mol. The van der Waals surface area contributed by atoms with Gasteiger partial charge in [0.15, 0.2) is 17.0 Å². The number of rotatable bonds is 5. The summed E-state index contributed by atoms with van der Waals surface area (Å²) in [5.41, 5.74) is -0.740. The highest BCUT2D eigenvalue weighted by Crippen LogP contribution is 2.35. The maximum atomic E-state index is 12.6. The van der Waals surface area contributed by atoms with Gasteiger partial charge in [-0.05, 0) is 0 Å². The van der Waals surface area contributed by atoms with Gasteiger partial charge in [0, 0.05) is 6.42 Å². The summed E-state index contributed by atoms with van der Waals surface area (Å²) in [6, 6.07) is 0. The van der Waals surface area contributed by atoms with Gasteiger partial charge in [-0.2, -0.15) is 39.5 Å². The van der Waals surface area contributed by atoms with Crippen LogP contribution in [0, 0.1) is 0 Å². The van der Waals surface area contributed by atoms with E-state index in [1.54, 1.807) is 0 Å². The van der Waals surface area contributed by atoms with Crippen LogP contribution in [-0.2, 0) is 28.6 Å². The first-order chi connectivity index (χ1) is 16.5. The number of fused-ring (bicyclic) bond motifs is 1. The lowest BCUT2D eigenvalue weighted by Crippen LogP contribution is -2.37. The molecular weight excluding hydrogens is 529 g/mol. The molecule has 3 atom stereocenters. The van der Waals surface area contributed by atoms with Crippen LogP contribution in [0.5, 0.6) is 0 Å². The second kappa shape index (κ2) is 9.39. The second-order valence-corrected chi connectivity index (χ2v) is 6.90. The minimum Gasteiger partial charge on any atom is -0.456 e. The molecule has 2 aromatic rings. The highest BCUT2D eigenvalue weighted by Gasteiger charge is 2.48. The number of nitrogens with one attached hydrogen (secondary N) is 1. The van der Waals surface area contributed by atoms with Gasteiger partial charge in [0.05, 0.1) is 6.33 Å². The van der Waals surface area contributed by atoms with E-state index in [9.17, 15) is 53.9 Å². The molecule has 1 amide bonds. The summed E-state index contributed by atoms with van der Waals surface area (Å²) >= 11 is 0. The molecule has 1 fully saturated rings. The number of carbonyl (C=O) groups is 3. The molecule has 1 saturated heterocycles. The van der Waals surface area contributed by atoms with E-state index in [0.717, 1.165) is 10.9 Å². The van der Waals surface area contributed by atoms with Crippen molar-refractivity contribution in [1.82, 2.24) is 19.5 Å². The average Bonchev–Trinajstić information content (AvgIpc) is 3.34. The Kier molecular flexibility index (Phi) is 7.01. The zero-order chi connectivity index (χ0) is 27.1. The average molecular weight is 539 g/mol. The second-order valence-electron chi connectivity index (χ2n) is 6.90. The van der Waals surface area contributed by atoms with Crippen LogP contribution in [0.4, 0.5) is 45.3 Å². The lowest BCUT2D eigenvalue weighted by atomic mass is 10.2. The number of hydrogen-bond acceptors (Lipinski definition) is 9. The Morgan fingerprint density at radius 2 is 1.61 bits per heavy atom. The first-order valence-electron chi connectivity index (χ1n) is 9.21. The molecule has 11 nitrogen and oxygen atoms in total. The molecule has 0 saturated carbocycles. The summed E-state index contributed by atoms with van der Waals surface area (Å²) in [5.74, 6) is -8.50. The molecule has 20 heteroatoms. The van der Waals surface area contributed by atoms with Crippen molar-refractivity contribution in [3.05, 3.63) is 12.7 Å². The molecule has 3 rings (SSSR count). The normalized spacial score (nSPS) is 20.9. The number of amides is 1. The standard InChI is InChI=1S/C16H10F9N5O6/c17-14(18,19)11(31)29-9-8-10(27-3-26-9)30(4-28-8)7-1-5(36-13(33)16(23,24)25)6(35-7)2-34-12(32)15(20,21)22/h3-7H,1-2H2,(H,26,27,29,31)/t5-,6+,7+/m0/s1. The molecule has 0 bridgehead atoms. The maximum Gasteiger partial charge on any atom is 0.490 e. The minimum atomic E-state index is -5.48. The summed E-state index contributed by atoms with van der Waals surface area (Å²) in [6.45, 7) is -1.28. The molecule has 3 heterocycles. The van der Waals surface area contributed by atoms with E-state index in [4.69, 9.17) is 4.74 Å². The number of anilines is 1.